The molecule has 0 bridgehead atoms. The van der Waals surface area contributed by atoms with Crippen molar-refractivity contribution >= 4 is 46.3 Å². The number of amides is 2. The molecular formula is C17H19Cl2N3O3. The van der Waals surface area contributed by atoms with Gasteiger partial charge in [0.2, 0.25) is 0 Å². The van der Waals surface area contributed by atoms with E-state index in [-0.39, 0.29) is 13.2 Å². The number of hydrogen-bond donors (Lipinski definition) is 5. The maximum atomic E-state index is 12.3. The Balaban J connectivity index is 2.10. The van der Waals surface area contributed by atoms with Gasteiger partial charge in [0.15, 0.2) is 0 Å². The van der Waals surface area contributed by atoms with Gasteiger partial charge >= 0.3 is 6.03 Å². The number of hydrogen-bond acceptors (Lipinski definition) is 4. The van der Waals surface area contributed by atoms with Crippen LogP contribution < -0.4 is 16.0 Å². The Kier molecular flexibility index (Phi) is 7.33. The lowest BCUT2D eigenvalue weighted by atomic mass is 10.1. The average molecular weight is 384 g/mol. The van der Waals surface area contributed by atoms with Crippen molar-refractivity contribution in [1.29, 1.82) is 0 Å². The van der Waals surface area contributed by atoms with Crippen LogP contribution in [0.4, 0.5) is 21.9 Å². The normalized spacial score (nSPS) is 10.4. The molecule has 134 valence electrons. The first-order valence-electron chi connectivity index (χ1n) is 7.65. The molecule has 0 aromatic heterocycles. The fourth-order valence-electron chi connectivity index (χ4n) is 2.29. The van der Waals surface area contributed by atoms with Gasteiger partial charge in [-0.05, 0) is 42.3 Å². The Labute approximate surface area is 155 Å². The first-order chi connectivity index (χ1) is 12.0. The molecule has 5 N–H and O–H groups in total. The van der Waals surface area contributed by atoms with Crippen LogP contribution in [0.15, 0.2) is 36.4 Å². The Bertz CT molecular complexity index is 741. The van der Waals surface area contributed by atoms with E-state index in [1.165, 1.54) is 0 Å². The largest absolute Gasteiger partial charge is 0.396 e. The first-order valence-corrected chi connectivity index (χ1v) is 8.40. The highest BCUT2D eigenvalue weighted by atomic mass is 35.5. The van der Waals surface area contributed by atoms with E-state index in [1.807, 2.05) is 0 Å². The second-order valence-electron chi connectivity index (χ2n) is 5.20. The number of halogens is 2. The van der Waals surface area contributed by atoms with Crippen molar-refractivity contribution in [3.05, 3.63) is 52.0 Å². The predicted molar refractivity (Wildman–Crippen MR) is 102 cm³/mol. The van der Waals surface area contributed by atoms with Gasteiger partial charge in [-0.3, -0.25) is 0 Å². The summed E-state index contributed by atoms with van der Waals surface area (Å²) in [6, 6.07) is 9.67. The molecule has 0 heterocycles. The van der Waals surface area contributed by atoms with Crippen LogP contribution in [0, 0.1) is 0 Å². The van der Waals surface area contributed by atoms with E-state index >= 15 is 0 Å². The van der Waals surface area contributed by atoms with Gasteiger partial charge < -0.3 is 26.2 Å². The summed E-state index contributed by atoms with van der Waals surface area (Å²) >= 11 is 12.2. The number of anilines is 3. The number of benzene rings is 2. The lowest BCUT2D eigenvalue weighted by Crippen LogP contribution is -2.20. The molecule has 0 atom stereocenters. The second-order valence-corrected chi connectivity index (χ2v) is 6.04. The molecule has 0 saturated heterocycles. The molecule has 0 aliphatic heterocycles. The SMILES string of the molecule is O=C(Nc1cc(Cl)cc(NCCO)c1)Nc1cccc(Cl)c1CCO. The van der Waals surface area contributed by atoms with Crippen LogP contribution in [-0.4, -0.2) is 36.0 Å². The summed E-state index contributed by atoms with van der Waals surface area (Å²) in [5.41, 5.74) is 2.37. The molecule has 8 heteroatoms. The maximum Gasteiger partial charge on any atom is 0.323 e. The van der Waals surface area contributed by atoms with Crippen molar-refractivity contribution in [3.63, 3.8) is 0 Å². The van der Waals surface area contributed by atoms with E-state index < -0.39 is 6.03 Å². The molecule has 2 amide bonds. The number of nitrogens with one attached hydrogen (secondary N) is 3. The molecular weight excluding hydrogens is 365 g/mol. The Hall–Kier alpha value is -1.99. The minimum Gasteiger partial charge on any atom is -0.396 e. The molecule has 0 aliphatic rings. The zero-order valence-electron chi connectivity index (χ0n) is 13.4. The average Bonchev–Trinajstić information content (AvgIpc) is 2.55. The van der Waals surface area contributed by atoms with Crippen molar-refractivity contribution in [3.8, 4) is 0 Å². The molecule has 0 spiro atoms. The Morgan fingerprint density at radius 2 is 1.76 bits per heavy atom. The highest BCUT2D eigenvalue weighted by molar-refractivity contribution is 6.32. The van der Waals surface area contributed by atoms with Gasteiger partial charge in [-0.15, -0.1) is 0 Å². The summed E-state index contributed by atoms with van der Waals surface area (Å²) in [7, 11) is 0. The van der Waals surface area contributed by atoms with Crippen LogP contribution in [-0.2, 0) is 6.42 Å². The molecule has 0 fully saturated rings. The van der Waals surface area contributed by atoms with Crippen molar-refractivity contribution < 1.29 is 15.0 Å². The lowest BCUT2D eigenvalue weighted by Gasteiger charge is -2.14. The van der Waals surface area contributed by atoms with Crippen molar-refractivity contribution in [2.45, 2.75) is 6.42 Å². The second kappa shape index (κ2) is 9.48. The van der Waals surface area contributed by atoms with Crippen molar-refractivity contribution in [2.75, 3.05) is 35.7 Å². The van der Waals surface area contributed by atoms with Gasteiger partial charge in [0.1, 0.15) is 0 Å². The molecule has 25 heavy (non-hydrogen) atoms. The standard InChI is InChI=1S/C17H19Cl2N3O3/c18-11-8-12(20-5-7-24)10-13(9-11)21-17(25)22-16-3-1-2-15(19)14(16)4-6-23/h1-3,8-10,20,23-24H,4-7H2,(H2,21,22,25). The summed E-state index contributed by atoms with van der Waals surface area (Å²) in [5.74, 6) is 0. The van der Waals surface area contributed by atoms with Crippen LogP contribution in [0.5, 0.6) is 0 Å². The fourth-order valence-corrected chi connectivity index (χ4v) is 2.79. The number of aliphatic hydroxyl groups excluding tert-OH is 2. The summed E-state index contributed by atoms with van der Waals surface area (Å²) in [6.07, 6.45) is 0.335. The smallest absolute Gasteiger partial charge is 0.323 e. The number of urea groups is 1. The molecule has 0 saturated carbocycles. The maximum absolute atomic E-state index is 12.3. The third kappa shape index (κ3) is 5.79. The van der Waals surface area contributed by atoms with Crippen LogP contribution in [0.1, 0.15) is 5.56 Å². The fraction of sp³-hybridized carbons (Fsp3) is 0.235. The number of carbonyl (C=O) groups is 1. The van der Waals surface area contributed by atoms with E-state index in [0.29, 0.717) is 45.6 Å². The molecule has 2 rings (SSSR count). The third-order valence-electron chi connectivity index (χ3n) is 3.33. The Morgan fingerprint density at radius 3 is 2.48 bits per heavy atom. The van der Waals surface area contributed by atoms with Crippen LogP contribution in [0.2, 0.25) is 10.0 Å². The molecule has 2 aromatic rings. The molecule has 0 radical (unpaired) electrons. The summed E-state index contributed by atoms with van der Waals surface area (Å²) in [6.45, 7) is 0.283. The quantitative estimate of drug-likeness (QED) is 0.505. The monoisotopic (exact) mass is 383 g/mol. The minimum absolute atomic E-state index is 0.0157. The molecule has 6 nitrogen and oxygen atoms in total. The van der Waals surface area contributed by atoms with Gasteiger partial charge in [0.05, 0.1) is 6.61 Å². The zero-order chi connectivity index (χ0) is 18.2. The minimum atomic E-state index is -0.461. The summed E-state index contributed by atoms with van der Waals surface area (Å²) in [5, 5.41) is 27.3. The molecule has 0 aliphatic carbocycles. The van der Waals surface area contributed by atoms with Crippen LogP contribution >= 0.6 is 23.2 Å². The van der Waals surface area contributed by atoms with Gasteiger partial charge in [-0.25, -0.2) is 4.79 Å². The molecule has 2 aromatic carbocycles. The van der Waals surface area contributed by atoms with Gasteiger partial charge in [0.25, 0.3) is 0 Å². The molecule has 0 unspecified atom stereocenters. The first kappa shape index (κ1) is 19.3. The van der Waals surface area contributed by atoms with Crippen LogP contribution in [0.3, 0.4) is 0 Å². The Morgan fingerprint density at radius 1 is 1.00 bits per heavy atom. The third-order valence-corrected chi connectivity index (χ3v) is 3.90. The predicted octanol–water partition coefficient (Wildman–Crippen LogP) is 3.58. The summed E-state index contributed by atoms with van der Waals surface area (Å²) < 4.78 is 0. The number of aliphatic hydroxyl groups is 2. The highest BCUT2D eigenvalue weighted by Crippen LogP contribution is 2.26. The van der Waals surface area contributed by atoms with E-state index in [9.17, 15) is 4.79 Å². The zero-order valence-corrected chi connectivity index (χ0v) is 14.9. The topological polar surface area (TPSA) is 93.6 Å². The van der Waals surface area contributed by atoms with Crippen molar-refractivity contribution in [2.24, 2.45) is 0 Å². The van der Waals surface area contributed by atoms with Gasteiger partial charge in [-0.2, -0.15) is 0 Å². The van der Waals surface area contributed by atoms with Crippen molar-refractivity contribution in [1.82, 2.24) is 0 Å². The van der Waals surface area contributed by atoms with Gasteiger partial charge in [-0.1, -0.05) is 29.3 Å². The number of rotatable bonds is 7. The van der Waals surface area contributed by atoms with E-state index in [4.69, 9.17) is 33.4 Å². The lowest BCUT2D eigenvalue weighted by molar-refractivity contribution is 0.262. The van der Waals surface area contributed by atoms with E-state index in [2.05, 4.69) is 16.0 Å². The van der Waals surface area contributed by atoms with Crippen LogP contribution in [0.25, 0.3) is 0 Å². The van der Waals surface area contributed by atoms with E-state index in [1.54, 1.807) is 36.4 Å². The van der Waals surface area contributed by atoms with E-state index in [0.717, 1.165) is 0 Å². The highest BCUT2D eigenvalue weighted by Gasteiger charge is 2.10. The van der Waals surface area contributed by atoms with Gasteiger partial charge in [0, 0.05) is 40.3 Å². The summed E-state index contributed by atoms with van der Waals surface area (Å²) in [4.78, 5) is 12.3. The number of carbonyl (C=O) groups excluding carboxylic acids is 1.